The Morgan fingerprint density at radius 1 is 1.80 bits per heavy atom. The van der Waals surface area contributed by atoms with E-state index in [0.29, 0.717) is 4.68 Å². The molecule has 0 aromatic carbocycles. The normalized spacial score (nSPS) is 34.9. The molecule has 20 heavy (non-hydrogen) atoms. The van der Waals surface area contributed by atoms with Crippen molar-refractivity contribution in [2.75, 3.05) is 12.3 Å². The molecule has 0 amide bonds. The molecular formula is C11H13ClN4O4. The van der Waals surface area contributed by atoms with E-state index in [1.54, 1.807) is 0 Å². The third-order valence-corrected chi connectivity index (χ3v) is 3.26. The number of nitrogens with two attached hydrogens (primary N) is 1. The fraction of sp³-hybridized carbons (Fsp3) is 0.545. The molecule has 1 aliphatic heterocycles. The third kappa shape index (κ3) is 2.25. The lowest BCUT2D eigenvalue weighted by molar-refractivity contribution is -0.0512. The maximum Gasteiger partial charge on any atom is 0.368 e. The van der Waals surface area contributed by atoms with Gasteiger partial charge in [0.2, 0.25) is 0 Å². The highest BCUT2D eigenvalue weighted by molar-refractivity contribution is 6.27. The van der Waals surface area contributed by atoms with Gasteiger partial charge in [0.1, 0.15) is 18.0 Å². The van der Waals surface area contributed by atoms with Crippen molar-refractivity contribution in [3.05, 3.63) is 16.7 Å². The zero-order chi connectivity index (χ0) is 16.7. The molecule has 2 heterocycles. The molecular weight excluding hydrogens is 288 g/mol. The van der Waals surface area contributed by atoms with Gasteiger partial charge in [-0.3, -0.25) is 0 Å². The number of hydrogen-bond donors (Lipinski definition) is 3. The molecule has 2 rings (SSSR count). The maximum absolute atomic E-state index is 11.9. The predicted molar refractivity (Wildman–Crippen MR) is 69.7 cm³/mol. The number of nitrogen functional groups attached to an aromatic ring is 1. The maximum atomic E-state index is 11.9. The summed E-state index contributed by atoms with van der Waals surface area (Å²) in [7, 11) is 0. The van der Waals surface area contributed by atoms with Crippen molar-refractivity contribution < 1.29 is 17.7 Å². The first-order chi connectivity index (χ1) is 10.1. The first-order valence-corrected chi connectivity index (χ1v) is 5.89. The van der Waals surface area contributed by atoms with Crippen LogP contribution in [0.4, 0.5) is 5.82 Å². The fourth-order valence-electron chi connectivity index (χ4n) is 1.86. The Bertz CT molecular complexity index is 698. The van der Waals surface area contributed by atoms with Gasteiger partial charge in [0.15, 0.2) is 11.1 Å². The van der Waals surface area contributed by atoms with Crippen LogP contribution >= 0.6 is 11.6 Å². The number of aromatic nitrogens is 3. The number of hydrogen-bond acceptors (Lipinski definition) is 7. The van der Waals surface area contributed by atoms with E-state index in [-0.39, 0.29) is 5.82 Å². The Morgan fingerprint density at radius 3 is 3.05 bits per heavy atom. The third-order valence-electron chi connectivity index (χ3n) is 2.75. The quantitative estimate of drug-likeness (QED) is 0.447. The molecule has 108 valence electrons. The second-order valence-electron chi connectivity index (χ2n) is 4.03. The van der Waals surface area contributed by atoms with Gasteiger partial charge in [-0.05, 0) is 6.92 Å². The van der Waals surface area contributed by atoms with Crippen molar-refractivity contribution in [1.29, 1.82) is 0 Å². The summed E-state index contributed by atoms with van der Waals surface area (Å²) in [4.78, 5) is 13.4. The van der Waals surface area contributed by atoms with E-state index in [9.17, 15) is 15.0 Å². The molecule has 0 radical (unpaired) electrons. The Hall–Kier alpha value is -1.66. The molecule has 1 saturated heterocycles. The number of aliphatic hydroxyl groups is 2. The molecule has 1 aromatic rings. The molecule has 4 N–H and O–H groups in total. The molecule has 9 heteroatoms. The predicted octanol–water partition coefficient (Wildman–Crippen LogP) is -1.53. The SMILES string of the molecule is [2H]C([2H])(O)[C@H]1O[C@@H](n2ncc(N)nc2=O)C(Cl)(C#CC)[C@H]1O. The summed E-state index contributed by atoms with van der Waals surface area (Å²) in [6.45, 7) is -1.47. The van der Waals surface area contributed by atoms with Gasteiger partial charge in [-0.1, -0.05) is 17.5 Å². The van der Waals surface area contributed by atoms with Gasteiger partial charge < -0.3 is 20.7 Å². The van der Waals surface area contributed by atoms with Crippen LogP contribution in [-0.4, -0.2) is 48.6 Å². The Balaban J connectivity index is 2.57. The summed E-state index contributed by atoms with van der Waals surface area (Å²) < 4.78 is 20.5. The van der Waals surface area contributed by atoms with Gasteiger partial charge in [0.05, 0.1) is 15.5 Å². The lowest BCUT2D eigenvalue weighted by atomic mass is 9.99. The van der Waals surface area contributed by atoms with Crippen molar-refractivity contribution in [3.63, 3.8) is 0 Å². The minimum absolute atomic E-state index is 0.129. The second kappa shape index (κ2) is 5.38. The van der Waals surface area contributed by atoms with E-state index < -0.39 is 35.6 Å². The summed E-state index contributed by atoms with van der Waals surface area (Å²) in [5.41, 5.74) is 4.42. The zero-order valence-corrected chi connectivity index (χ0v) is 11.1. The van der Waals surface area contributed by atoms with Gasteiger partial charge in [-0.25, -0.2) is 4.79 Å². The van der Waals surface area contributed by atoms with Crippen molar-refractivity contribution in [1.82, 2.24) is 14.8 Å². The minimum atomic E-state index is -2.91. The molecule has 0 spiro atoms. The average Bonchev–Trinajstić information content (AvgIpc) is 2.63. The number of alkyl halides is 1. The van der Waals surface area contributed by atoms with Gasteiger partial charge in [0.25, 0.3) is 0 Å². The average molecular weight is 303 g/mol. The van der Waals surface area contributed by atoms with E-state index in [1.807, 2.05) is 0 Å². The lowest BCUT2D eigenvalue weighted by Crippen LogP contribution is -2.44. The van der Waals surface area contributed by atoms with E-state index in [4.69, 9.17) is 24.8 Å². The van der Waals surface area contributed by atoms with E-state index >= 15 is 0 Å². The van der Waals surface area contributed by atoms with Crippen LogP contribution in [0.2, 0.25) is 0 Å². The number of halogens is 1. The zero-order valence-electron chi connectivity index (χ0n) is 12.3. The van der Waals surface area contributed by atoms with Crippen LogP contribution in [0.3, 0.4) is 0 Å². The van der Waals surface area contributed by atoms with Crippen LogP contribution in [0.15, 0.2) is 11.0 Å². The number of anilines is 1. The number of rotatable bonds is 2. The second-order valence-corrected chi connectivity index (χ2v) is 4.66. The molecule has 0 aliphatic carbocycles. The van der Waals surface area contributed by atoms with Crippen LogP contribution in [0.1, 0.15) is 15.9 Å². The van der Waals surface area contributed by atoms with E-state index in [1.165, 1.54) is 6.92 Å². The van der Waals surface area contributed by atoms with Crippen molar-refractivity contribution in [3.8, 4) is 11.8 Å². The van der Waals surface area contributed by atoms with Crippen LogP contribution in [0.25, 0.3) is 0 Å². The first kappa shape index (κ1) is 12.1. The first-order valence-electron chi connectivity index (χ1n) is 6.51. The standard InChI is InChI=1S/C11H13ClN4O4/c1-2-3-11(12)8(18)6(5-17)20-9(11)16-10(19)15-7(13)4-14-16/h4,6,8-9,17-18H,5H2,1H3,(H2,13,15,19)/t6-,8+,9-,11?/m1/s1/i5D2. The van der Waals surface area contributed by atoms with Crippen LogP contribution < -0.4 is 11.4 Å². The Labute approximate surface area is 121 Å². The summed E-state index contributed by atoms with van der Waals surface area (Å²) >= 11 is 6.25. The van der Waals surface area contributed by atoms with Crippen molar-refractivity contribution >= 4 is 17.4 Å². The Kier molecular flexibility index (Phi) is 3.26. The molecule has 0 bridgehead atoms. The fourth-order valence-corrected chi connectivity index (χ4v) is 2.22. The minimum Gasteiger partial charge on any atom is -0.394 e. The lowest BCUT2D eigenvalue weighted by Gasteiger charge is -2.24. The molecule has 1 unspecified atom stereocenters. The summed E-state index contributed by atoms with van der Waals surface area (Å²) in [5, 5.41) is 23.4. The van der Waals surface area contributed by atoms with Crippen molar-refractivity contribution in [2.24, 2.45) is 0 Å². The highest BCUT2D eigenvalue weighted by Crippen LogP contribution is 2.42. The van der Waals surface area contributed by atoms with Crippen LogP contribution in [0, 0.1) is 11.8 Å². The molecule has 1 aromatic heterocycles. The molecule has 4 atom stereocenters. The largest absolute Gasteiger partial charge is 0.394 e. The molecule has 1 fully saturated rings. The van der Waals surface area contributed by atoms with Gasteiger partial charge in [-0.15, -0.1) is 5.92 Å². The van der Waals surface area contributed by atoms with Crippen LogP contribution in [-0.2, 0) is 4.74 Å². The number of ether oxygens (including phenoxy) is 1. The highest BCUT2D eigenvalue weighted by atomic mass is 35.5. The smallest absolute Gasteiger partial charge is 0.368 e. The summed E-state index contributed by atoms with van der Waals surface area (Å²) in [6, 6.07) is 0. The Morgan fingerprint density at radius 2 is 2.50 bits per heavy atom. The van der Waals surface area contributed by atoms with E-state index in [2.05, 4.69) is 21.9 Å². The van der Waals surface area contributed by atoms with E-state index in [0.717, 1.165) is 6.20 Å². The molecule has 0 saturated carbocycles. The topological polar surface area (TPSA) is 123 Å². The monoisotopic (exact) mass is 302 g/mol. The van der Waals surface area contributed by atoms with Crippen molar-refractivity contribution in [2.45, 2.75) is 30.2 Å². The molecule has 1 aliphatic rings. The highest BCUT2D eigenvalue weighted by Gasteiger charge is 2.56. The molecule has 8 nitrogen and oxygen atoms in total. The van der Waals surface area contributed by atoms with Gasteiger partial charge in [0, 0.05) is 0 Å². The van der Waals surface area contributed by atoms with Gasteiger partial charge in [-0.2, -0.15) is 14.8 Å². The summed E-state index contributed by atoms with van der Waals surface area (Å²) in [5.74, 6) is 4.81. The van der Waals surface area contributed by atoms with Crippen LogP contribution in [0.5, 0.6) is 0 Å². The number of aliphatic hydroxyl groups excluding tert-OH is 1. The summed E-state index contributed by atoms with van der Waals surface area (Å²) in [6.07, 6.45) is -3.86. The number of nitrogens with zero attached hydrogens (tertiary/aromatic N) is 3. The van der Waals surface area contributed by atoms with Gasteiger partial charge >= 0.3 is 5.69 Å².